The van der Waals surface area contributed by atoms with Crippen molar-refractivity contribution in [2.24, 2.45) is 4.99 Å². The lowest BCUT2D eigenvalue weighted by Gasteiger charge is -2.33. The number of piperazine rings is 1. The lowest BCUT2D eigenvalue weighted by atomic mass is 10.1. The van der Waals surface area contributed by atoms with Crippen LogP contribution >= 0.6 is 24.0 Å². The predicted octanol–water partition coefficient (Wildman–Crippen LogP) is 3.41. The number of hydrogen-bond acceptors (Lipinski definition) is 5. The largest absolute Gasteiger partial charge is 0.491 e. The molecule has 2 N–H and O–H groups in total. The van der Waals surface area contributed by atoms with Gasteiger partial charge < -0.3 is 25.2 Å². The first kappa shape index (κ1) is 26.2. The van der Waals surface area contributed by atoms with Crippen LogP contribution in [0, 0.1) is 6.92 Å². The molecule has 0 unspecified atom stereocenters. The number of halogens is 1. The van der Waals surface area contributed by atoms with Gasteiger partial charge in [-0.05, 0) is 57.1 Å². The molecule has 1 saturated heterocycles. The summed E-state index contributed by atoms with van der Waals surface area (Å²) in [6, 6.07) is 10.5. The van der Waals surface area contributed by atoms with Crippen LogP contribution in [-0.2, 0) is 13.1 Å². The number of aliphatic imine (C=N–C) groups is 1. The number of rotatable bonds is 7. The van der Waals surface area contributed by atoms with Gasteiger partial charge >= 0.3 is 0 Å². The van der Waals surface area contributed by atoms with Crippen LogP contribution in [0.15, 0.2) is 41.5 Å². The Labute approximate surface area is 209 Å². The fourth-order valence-corrected chi connectivity index (χ4v) is 3.54. The quantitative estimate of drug-likeness (QED) is 0.312. The molecule has 7 nitrogen and oxygen atoms in total. The smallest absolute Gasteiger partial charge is 0.191 e. The zero-order valence-electron chi connectivity index (χ0n) is 19.9. The number of nitrogens with one attached hydrogen (secondary N) is 2. The van der Waals surface area contributed by atoms with E-state index in [1.54, 1.807) is 7.05 Å². The monoisotopic (exact) mass is 552 g/mol. The molecule has 2 heterocycles. The van der Waals surface area contributed by atoms with E-state index < -0.39 is 0 Å². The highest BCUT2D eigenvalue weighted by Gasteiger charge is 2.15. The van der Waals surface area contributed by atoms with E-state index in [1.165, 1.54) is 11.1 Å². The average Bonchev–Trinajstić information content (AvgIpc) is 2.75. The molecule has 1 aliphatic heterocycles. The minimum Gasteiger partial charge on any atom is -0.491 e. The van der Waals surface area contributed by atoms with Crippen LogP contribution < -0.4 is 20.3 Å². The number of pyridine rings is 1. The Hall–Kier alpha value is -2.07. The van der Waals surface area contributed by atoms with E-state index in [-0.39, 0.29) is 30.1 Å². The van der Waals surface area contributed by atoms with Crippen molar-refractivity contribution in [3.05, 3.63) is 53.2 Å². The van der Waals surface area contributed by atoms with Crippen molar-refractivity contribution in [1.29, 1.82) is 0 Å². The second-order valence-electron chi connectivity index (χ2n) is 8.37. The van der Waals surface area contributed by atoms with E-state index >= 15 is 0 Å². The molecule has 1 aromatic heterocycles. The van der Waals surface area contributed by atoms with E-state index in [0.29, 0.717) is 13.1 Å². The first-order chi connectivity index (χ1) is 14.9. The van der Waals surface area contributed by atoms with Crippen molar-refractivity contribution in [3.8, 4) is 5.75 Å². The first-order valence-corrected chi connectivity index (χ1v) is 11.0. The van der Waals surface area contributed by atoms with Crippen LogP contribution in [0.5, 0.6) is 5.75 Å². The molecule has 1 aliphatic rings. The highest BCUT2D eigenvalue weighted by molar-refractivity contribution is 14.0. The summed E-state index contributed by atoms with van der Waals surface area (Å²) in [5, 5.41) is 6.81. The van der Waals surface area contributed by atoms with E-state index in [9.17, 15) is 0 Å². The average molecular weight is 553 g/mol. The number of likely N-dealkylation sites (N-methyl/N-ethyl adjacent to an activating group) is 1. The van der Waals surface area contributed by atoms with Crippen LogP contribution in [0.3, 0.4) is 0 Å². The minimum atomic E-state index is 0. The number of aryl methyl sites for hydroxylation is 1. The fourth-order valence-electron chi connectivity index (χ4n) is 3.54. The van der Waals surface area contributed by atoms with Gasteiger partial charge in [0.25, 0.3) is 0 Å². The van der Waals surface area contributed by atoms with Gasteiger partial charge in [-0.15, -0.1) is 24.0 Å². The second kappa shape index (κ2) is 12.8. The van der Waals surface area contributed by atoms with Crippen LogP contribution in [0.25, 0.3) is 0 Å². The Kier molecular flexibility index (Phi) is 10.5. The molecule has 0 radical (unpaired) electrons. The predicted molar refractivity (Wildman–Crippen MR) is 143 cm³/mol. The van der Waals surface area contributed by atoms with Gasteiger partial charge in [0.05, 0.1) is 6.10 Å². The number of nitrogens with zero attached hydrogens (tertiary/aromatic N) is 4. The van der Waals surface area contributed by atoms with Gasteiger partial charge in [-0.3, -0.25) is 4.99 Å². The van der Waals surface area contributed by atoms with Crippen LogP contribution in [0.4, 0.5) is 5.82 Å². The number of guanidine groups is 1. The lowest BCUT2D eigenvalue weighted by Crippen LogP contribution is -2.44. The number of benzene rings is 1. The summed E-state index contributed by atoms with van der Waals surface area (Å²) in [6.07, 6.45) is 2.03. The summed E-state index contributed by atoms with van der Waals surface area (Å²) >= 11 is 0. The number of aromatic nitrogens is 1. The highest BCUT2D eigenvalue weighted by Crippen LogP contribution is 2.21. The molecule has 32 heavy (non-hydrogen) atoms. The Balaban J connectivity index is 0.00000363. The molecule has 0 amide bonds. The molecule has 0 bridgehead atoms. The summed E-state index contributed by atoms with van der Waals surface area (Å²) < 4.78 is 5.98. The maximum atomic E-state index is 5.98. The molecule has 8 heteroatoms. The molecular weight excluding hydrogens is 515 g/mol. The molecule has 0 spiro atoms. The van der Waals surface area contributed by atoms with Crippen LogP contribution in [0.2, 0.25) is 0 Å². The van der Waals surface area contributed by atoms with Crippen molar-refractivity contribution in [2.45, 2.75) is 40.0 Å². The third-order valence-electron chi connectivity index (χ3n) is 5.35. The maximum Gasteiger partial charge on any atom is 0.191 e. The molecule has 1 fully saturated rings. The second-order valence-corrected chi connectivity index (χ2v) is 8.37. The molecule has 0 aliphatic carbocycles. The molecule has 1 aromatic carbocycles. The summed E-state index contributed by atoms with van der Waals surface area (Å²) in [5.74, 6) is 2.73. The number of hydrogen-bond donors (Lipinski definition) is 2. The lowest BCUT2D eigenvalue weighted by molar-refractivity contribution is 0.239. The standard InChI is InChI=1S/C24H36N6O.HI/c1-18(2)31-22-14-19(3)6-7-21(22)17-28-24(25-4)27-16-20-8-9-26-23(15-20)30-12-10-29(5)11-13-30;/h6-9,14-15,18H,10-13,16-17H2,1-5H3,(H2,25,27,28);1H. The molecule has 176 valence electrons. The van der Waals surface area contributed by atoms with Crippen LogP contribution in [-0.4, -0.2) is 62.2 Å². The Morgan fingerprint density at radius 2 is 1.81 bits per heavy atom. The first-order valence-electron chi connectivity index (χ1n) is 11.0. The molecule has 0 atom stereocenters. The van der Waals surface area contributed by atoms with E-state index in [4.69, 9.17) is 4.74 Å². The maximum absolute atomic E-state index is 5.98. The van der Waals surface area contributed by atoms with E-state index in [2.05, 4.69) is 74.7 Å². The number of ether oxygens (including phenoxy) is 1. The molecular formula is C24H37IN6O. The zero-order chi connectivity index (χ0) is 22.2. The van der Waals surface area contributed by atoms with Crippen molar-refractivity contribution in [1.82, 2.24) is 20.5 Å². The van der Waals surface area contributed by atoms with Gasteiger partial charge in [0, 0.05) is 58.1 Å². The van der Waals surface area contributed by atoms with Gasteiger partial charge in [-0.1, -0.05) is 12.1 Å². The van der Waals surface area contributed by atoms with Crippen molar-refractivity contribution in [2.75, 3.05) is 45.2 Å². The Morgan fingerprint density at radius 3 is 2.50 bits per heavy atom. The topological polar surface area (TPSA) is 65.0 Å². The fraction of sp³-hybridized carbons (Fsp3) is 0.500. The zero-order valence-corrected chi connectivity index (χ0v) is 22.2. The van der Waals surface area contributed by atoms with E-state index in [0.717, 1.165) is 49.3 Å². The Bertz CT molecular complexity index is 881. The van der Waals surface area contributed by atoms with Gasteiger partial charge in [-0.2, -0.15) is 0 Å². The Morgan fingerprint density at radius 1 is 1.09 bits per heavy atom. The third kappa shape index (κ3) is 7.81. The molecule has 0 saturated carbocycles. The molecule has 2 aromatic rings. The number of anilines is 1. The van der Waals surface area contributed by atoms with E-state index in [1.807, 2.05) is 20.0 Å². The summed E-state index contributed by atoms with van der Waals surface area (Å²) in [7, 11) is 3.95. The van der Waals surface area contributed by atoms with Crippen LogP contribution in [0.1, 0.15) is 30.5 Å². The normalized spacial score (nSPS) is 14.8. The summed E-state index contributed by atoms with van der Waals surface area (Å²) in [5.41, 5.74) is 3.49. The third-order valence-corrected chi connectivity index (χ3v) is 5.35. The van der Waals surface area contributed by atoms with Gasteiger partial charge in [0.1, 0.15) is 11.6 Å². The van der Waals surface area contributed by atoms with Gasteiger partial charge in [-0.25, -0.2) is 4.98 Å². The van der Waals surface area contributed by atoms with Crippen molar-refractivity contribution in [3.63, 3.8) is 0 Å². The summed E-state index contributed by atoms with van der Waals surface area (Å²) in [6.45, 7) is 11.7. The van der Waals surface area contributed by atoms with Crippen molar-refractivity contribution >= 4 is 35.8 Å². The highest BCUT2D eigenvalue weighted by atomic mass is 127. The summed E-state index contributed by atoms with van der Waals surface area (Å²) in [4.78, 5) is 13.6. The SMILES string of the molecule is CN=C(NCc1ccnc(N2CCN(C)CC2)c1)NCc1ccc(C)cc1OC(C)C.I. The van der Waals surface area contributed by atoms with Gasteiger partial charge in [0.2, 0.25) is 0 Å². The van der Waals surface area contributed by atoms with Crippen molar-refractivity contribution < 1.29 is 4.74 Å². The van der Waals surface area contributed by atoms with Gasteiger partial charge in [0.15, 0.2) is 5.96 Å². The molecule has 3 rings (SSSR count). The minimum absolute atomic E-state index is 0.